The van der Waals surface area contributed by atoms with Gasteiger partial charge in [0.05, 0.1) is 12.7 Å². The molecule has 0 aliphatic carbocycles. The van der Waals surface area contributed by atoms with Crippen LogP contribution < -0.4 is 0 Å². The monoisotopic (exact) mass is 160 g/mol. The fraction of sp³-hybridized carbons (Fsp3) is 0.714. The molecule has 60 valence electrons. The van der Waals surface area contributed by atoms with Gasteiger partial charge in [0.1, 0.15) is 0 Å². The summed E-state index contributed by atoms with van der Waals surface area (Å²) in [4.78, 5) is 0. The molecule has 0 heterocycles. The molecule has 0 rings (SSSR count). The molecule has 3 heteroatoms. The minimum atomic E-state index is -1.64. The maximum absolute atomic E-state index is 8.87. The molecule has 0 saturated carbocycles. The summed E-state index contributed by atoms with van der Waals surface area (Å²) in [5.74, 6) is 0. The minimum Gasteiger partial charge on any atom is -0.411 e. The Bertz CT molecular complexity index is 110. The van der Waals surface area contributed by atoms with Crippen LogP contribution in [0.25, 0.3) is 0 Å². The van der Waals surface area contributed by atoms with Gasteiger partial charge >= 0.3 is 0 Å². The first-order valence-electron chi connectivity index (χ1n) is 3.43. The van der Waals surface area contributed by atoms with Crippen molar-refractivity contribution in [1.82, 2.24) is 0 Å². The molecule has 1 N–H and O–H groups in total. The fourth-order valence-corrected chi connectivity index (χ4v) is 1.18. The Kier molecular flexibility index (Phi) is 3.86. The predicted molar refractivity (Wildman–Crippen MR) is 45.3 cm³/mol. The van der Waals surface area contributed by atoms with Crippen molar-refractivity contribution < 1.29 is 9.53 Å². The third-order valence-corrected chi connectivity index (χ3v) is 3.08. The number of hydrogen-bond donors (Lipinski definition) is 1. The van der Waals surface area contributed by atoms with Gasteiger partial charge in [-0.2, -0.15) is 0 Å². The molecule has 1 unspecified atom stereocenters. The molecule has 0 fully saturated rings. The van der Waals surface area contributed by atoms with E-state index in [4.69, 9.17) is 9.53 Å². The highest BCUT2D eigenvalue weighted by atomic mass is 28.4. The quantitative estimate of drug-likeness (QED) is 0.628. The fourth-order valence-electron chi connectivity index (χ4n) is 0.394. The normalized spacial score (nSPS) is 14.8. The Hall–Kier alpha value is -0.123. The zero-order valence-corrected chi connectivity index (χ0v) is 7.92. The van der Waals surface area contributed by atoms with E-state index in [0.717, 1.165) is 0 Å². The van der Waals surface area contributed by atoms with E-state index >= 15 is 0 Å². The van der Waals surface area contributed by atoms with E-state index in [1.807, 2.05) is 18.8 Å². The average molecular weight is 160 g/mol. The van der Waals surface area contributed by atoms with Crippen molar-refractivity contribution >= 4 is 8.32 Å². The molecule has 0 spiro atoms. The first-order chi connectivity index (χ1) is 4.48. The van der Waals surface area contributed by atoms with Gasteiger partial charge in [0, 0.05) is 0 Å². The Morgan fingerprint density at radius 3 is 2.50 bits per heavy atom. The lowest BCUT2D eigenvalue weighted by Crippen LogP contribution is -2.31. The lowest BCUT2D eigenvalue weighted by Gasteiger charge is -2.18. The van der Waals surface area contributed by atoms with E-state index in [1.54, 1.807) is 6.92 Å². The van der Waals surface area contributed by atoms with E-state index in [9.17, 15) is 0 Å². The zero-order chi connectivity index (χ0) is 8.20. The van der Waals surface area contributed by atoms with Crippen molar-refractivity contribution in [2.75, 3.05) is 6.61 Å². The predicted octanol–water partition coefficient (Wildman–Crippen LogP) is 1.31. The second kappa shape index (κ2) is 3.90. The molecule has 0 saturated heterocycles. The van der Waals surface area contributed by atoms with Gasteiger partial charge in [-0.05, 0) is 20.0 Å². The molecule has 2 nitrogen and oxygen atoms in total. The Morgan fingerprint density at radius 1 is 1.70 bits per heavy atom. The van der Waals surface area contributed by atoms with E-state index in [1.165, 1.54) is 0 Å². The van der Waals surface area contributed by atoms with Crippen LogP contribution in [-0.2, 0) is 4.43 Å². The van der Waals surface area contributed by atoms with E-state index in [2.05, 4.69) is 6.58 Å². The number of hydrogen-bond acceptors (Lipinski definition) is 2. The molecule has 1 atom stereocenters. The van der Waals surface area contributed by atoms with Crippen LogP contribution in [0.15, 0.2) is 12.3 Å². The van der Waals surface area contributed by atoms with Gasteiger partial charge < -0.3 is 9.53 Å². The molecule has 0 aliphatic heterocycles. The molecule has 0 bridgehead atoms. The van der Waals surface area contributed by atoms with Crippen LogP contribution >= 0.6 is 0 Å². The molecule has 0 aromatic heterocycles. The summed E-state index contributed by atoms with van der Waals surface area (Å²) in [7, 11) is -1.64. The molecule has 0 aliphatic rings. The maximum Gasteiger partial charge on any atom is 0.210 e. The second-order valence-corrected chi connectivity index (χ2v) is 6.87. The van der Waals surface area contributed by atoms with E-state index < -0.39 is 8.32 Å². The zero-order valence-electron chi connectivity index (χ0n) is 6.92. The highest BCUT2D eigenvalue weighted by molar-refractivity contribution is 6.76. The molecular formula is C7H16O2Si. The minimum absolute atomic E-state index is 0.369. The van der Waals surface area contributed by atoms with Crippen molar-refractivity contribution in [3.63, 3.8) is 0 Å². The summed E-state index contributed by atoms with van der Waals surface area (Å²) in [6.07, 6.45) is -0.369. The van der Waals surface area contributed by atoms with E-state index in [0.29, 0.717) is 6.61 Å². The number of rotatable bonds is 4. The molecule has 0 aromatic carbocycles. The molecule has 0 radical (unpaired) electrons. The Labute approximate surface area is 63.7 Å². The van der Waals surface area contributed by atoms with Crippen molar-refractivity contribution in [2.24, 2.45) is 0 Å². The van der Waals surface area contributed by atoms with Crippen molar-refractivity contribution in [3.05, 3.63) is 12.3 Å². The van der Waals surface area contributed by atoms with E-state index in [-0.39, 0.29) is 6.10 Å². The molecule has 0 aromatic rings. The lowest BCUT2D eigenvalue weighted by molar-refractivity contribution is 0.120. The SMILES string of the molecule is C=C[Si](C)(C)OCC(C)O. The van der Waals surface area contributed by atoms with Gasteiger partial charge in [0.2, 0.25) is 8.32 Å². The van der Waals surface area contributed by atoms with Crippen molar-refractivity contribution in [3.8, 4) is 0 Å². The summed E-state index contributed by atoms with van der Waals surface area (Å²) in [6, 6.07) is 0. The smallest absolute Gasteiger partial charge is 0.210 e. The second-order valence-electron chi connectivity index (χ2n) is 2.97. The Balaban J connectivity index is 3.56. The van der Waals surface area contributed by atoms with Crippen LogP contribution in [0, 0.1) is 0 Å². The molecule has 0 amide bonds. The summed E-state index contributed by atoms with van der Waals surface area (Å²) in [5.41, 5.74) is 1.86. The standard InChI is InChI=1S/C7H16O2Si/c1-5-10(3,4)9-6-7(2)8/h5,7-8H,1,6H2,2-4H3. The largest absolute Gasteiger partial charge is 0.411 e. The summed E-state index contributed by atoms with van der Waals surface area (Å²) >= 11 is 0. The van der Waals surface area contributed by atoms with Gasteiger partial charge in [0.25, 0.3) is 0 Å². The lowest BCUT2D eigenvalue weighted by atomic mass is 10.5. The summed E-state index contributed by atoms with van der Waals surface area (Å²) < 4.78 is 5.41. The van der Waals surface area contributed by atoms with Gasteiger partial charge in [-0.3, -0.25) is 0 Å². The van der Waals surface area contributed by atoms with Gasteiger partial charge in [0.15, 0.2) is 0 Å². The summed E-state index contributed by atoms with van der Waals surface area (Å²) in [6.45, 7) is 9.89. The maximum atomic E-state index is 8.87. The third kappa shape index (κ3) is 4.73. The van der Waals surface area contributed by atoms with Crippen LogP contribution in [0.2, 0.25) is 13.1 Å². The topological polar surface area (TPSA) is 29.5 Å². The van der Waals surface area contributed by atoms with Crippen LogP contribution in [0.5, 0.6) is 0 Å². The van der Waals surface area contributed by atoms with Gasteiger partial charge in [-0.1, -0.05) is 5.70 Å². The number of aliphatic hydroxyl groups excluding tert-OH is 1. The highest BCUT2D eigenvalue weighted by Crippen LogP contribution is 2.04. The van der Waals surface area contributed by atoms with Gasteiger partial charge in [-0.25, -0.2) is 0 Å². The van der Waals surface area contributed by atoms with Crippen molar-refractivity contribution in [2.45, 2.75) is 26.1 Å². The Morgan fingerprint density at radius 2 is 2.20 bits per heavy atom. The van der Waals surface area contributed by atoms with Crippen LogP contribution in [0.4, 0.5) is 0 Å². The summed E-state index contributed by atoms with van der Waals surface area (Å²) in [5, 5.41) is 8.87. The number of aliphatic hydroxyl groups is 1. The van der Waals surface area contributed by atoms with Crippen LogP contribution in [-0.4, -0.2) is 26.1 Å². The van der Waals surface area contributed by atoms with Gasteiger partial charge in [-0.15, -0.1) is 6.58 Å². The van der Waals surface area contributed by atoms with Crippen molar-refractivity contribution in [1.29, 1.82) is 0 Å². The first kappa shape index (κ1) is 9.88. The highest BCUT2D eigenvalue weighted by Gasteiger charge is 2.17. The molecular weight excluding hydrogens is 144 g/mol. The van der Waals surface area contributed by atoms with Crippen LogP contribution in [0.3, 0.4) is 0 Å². The van der Waals surface area contributed by atoms with Crippen LogP contribution in [0.1, 0.15) is 6.92 Å². The first-order valence-corrected chi connectivity index (χ1v) is 6.42. The third-order valence-electron chi connectivity index (χ3n) is 1.19. The molecule has 10 heavy (non-hydrogen) atoms. The average Bonchev–Trinajstić information content (AvgIpc) is 1.85.